The second kappa shape index (κ2) is 7.10. The molecule has 110 valence electrons. The van der Waals surface area contributed by atoms with E-state index in [1.165, 1.54) is 5.56 Å². The maximum atomic E-state index is 12.1. The molecule has 0 saturated heterocycles. The van der Waals surface area contributed by atoms with Crippen LogP contribution in [0.5, 0.6) is 5.75 Å². The van der Waals surface area contributed by atoms with Crippen molar-refractivity contribution in [1.29, 1.82) is 0 Å². The maximum Gasteiger partial charge on any atom is 0.343 e. The molecule has 1 unspecified atom stereocenters. The Morgan fingerprint density at radius 3 is 2.48 bits per heavy atom. The molecule has 2 aromatic carbocycles. The Morgan fingerprint density at radius 2 is 1.90 bits per heavy atom. The monoisotopic (exact) mass is 366 g/mol. The van der Waals surface area contributed by atoms with E-state index in [4.69, 9.17) is 16.3 Å². The third-order valence-electron chi connectivity index (χ3n) is 3.42. The summed E-state index contributed by atoms with van der Waals surface area (Å²) in [6, 6.07) is 12.4. The van der Waals surface area contributed by atoms with Crippen molar-refractivity contribution in [2.45, 2.75) is 26.2 Å². The van der Waals surface area contributed by atoms with Crippen molar-refractivity contribution in [3.05, 3.63) is 63.1 Å². The topological polar surface area (TPSA) is 26.3 Å². The van der Waals surface area contributed by atoms with Crippen LogP contribution in [0.4, 0.5) is 0 Å². The lowest BCUT2D eigenvalue weighted by Gasteiger charge is -2.12. The number of carbonyl (C=O) groups excluding carboxylic acids is 1. The molecule has 21 heavy (non-hydrogen) atoms. The molecule has 0 aliphatic rings. The number of hydrogen-bond donors (Lipinski definition) is 0. The average Bonchev–Trinajstić information content (AvgIpc) is 2.49. The SMILES string of the molecule is CCC(C)c1ccc(OC(=O)c2ccc(Cl)cc2)c(Br)c1. The molecule has 4 heteroatoms. The third-order valence-corrected chi connectivity index (χ3v) is 4.29. The van der Waals surface area contributed by atoms with E-state index in [1.54, 1.807) is 24.3 Å². The van der Waals surface area contributed by atoms with Crippen LogP contribution in [0.25, 0.3) is 0 Å². The number of halogens is 2. The van der Waals surface area contributed by atoms with Crippen LogP contribution in [0.15, 0.2) is 46.9 Å². The van der Waals surface area contributed by atoms with Gasteiger partial charge in [-0.15, -0.1) is 0 Å². The Morgan fingerprint density at radius 1 is 1.24 bits per heavy atom. The molecule has 0 amide bonds. The second-order valence-electron chi connectivity index (χ2n) is 4.90. The van der Waals surface area contributed by atoms with E-state index in [9.17, 15) is 4.79 Å². The summed E-state index contributed by atoms with van der Waals surface area (Å²) >= 11 is 9.26. The fourth-order valence-electron chi connectivity index (χ4n) is 1.89. The van der Waals surface area contributed by atoms with Crippen LogP contribution in [0.3, 0.4) is 0 Å². The van der Waals surface area contributed by atoms with Crippen LogP contribution in [-0.4, -0.2) is 5.97 Å². The molecule has 0 N–H and O–H groups in total. The molecule has 0 fully saturated rings. The zero-order valence-corrected chi connectivity index (χ0v) is 14.2. The Kier molecular flexibility index (Phi) is 5.43. The van der Waals surface area contributed by atoms with Crippen LogP contribution in [0, 0.1) is 0 Å². The lowest BCUT2D eigenvalue weighted by atomic mass is 9.99. The van der Waals surface area contributed by atoms with Crippen LogP contribution >= 0.6 is 27.5 Å². The van der Waals surface area contributed by atoms with E-state index in [2.05, 4.69) is 29.8 Å². The smallest absolute Gasteiger partial charge is 0.343 e. The molecule has 0 saturated carbocycles. The first-order valence-electron chi connectivity index (χ1n) is 6.78. The summed E-state index contributed by atoms with van der Waals surface area (Å²) in [5.74, 6) is 0.591. The number of carbonyl (C=O) groups is 1. The van der Waals surface area contributed by atoms with Crippen LogP contribution in [0.2, 0.25) is 5.02 Å². The first kappa shape index (κ1) is 16.1. The summed E-state index contributed by atoms with van der Waals surface area (Å²) in [5.41, 5.74) is 1.69. The summed E-state index contributed by atoms with van der Waals surface area (Å²) in [7, 11) is 0. The van der Waals surface area contributed by atoms with Gasteiger partial charge in [0.15, 0.2) is 0 Å². The van der Waals surface area contributed by atoms with Gasteiger partial charge in [0, 0.05) is 5.02 Å². The third kappa shape index (κ3) is 4.08. The minimum atomic E-state index is -0.399. The first-order chi connectivity index (χ1) is 10.0. The molecule has 0 heterocycles. The van der Waals surface area contributed by atoms with Gasteiger partial charge < -0.3 is 4.74 Å². The molecule has 2 aromatic rings. The van der Waals surface area contributed by atoms with Crippen molar-refractivity contribution in [2.75, 3.05) is 0 Å². The van der Waals surface area contributed by atoms with Gasteiger partial charge in [0.2, 0.25) is 0 Å². The van der Waals surface area contributed by atoms with E-state index in [0.29, 0.717) is 22.3 Å². The van der Waals surface area contributed by atoms with Crippen molar-refractivity contribution in [2.24, 2.45) is 0 Å². The van der Waals surface area contributed by atoms with Gasteiger partial charge in [0.1, 0.15) is 5.75 Å². The zero-order valence-electron chi connectivity index (χ0n) is 11.9. The van der Waals surface area contributed by atoms with Crippen LogP contribution in [0.1, 0.15) is 42.1 Å². The lowest BCUT2D eigenvalue weighted by Crippen LogP contribution is -2.08. The van der Waals surface area contributed by atoms with Crippen LogP contribution in [-0.2, 0) is 0 Å². The van der Waals surface area contributed by atoms with Crippen molar-refractivity contribution in [1.82, 2.24) is 0 Å². The van der Waals surface area contributed by atoms with Crippen molar-refractivity contribution >= 4 is 33.5 Å². The largest absolute Gasteiger partial charge is 0.422 e. The van der Waals surface area contributed by atoms with Gasteiger partial charge in [-0.1, -0.05) is 31.5 Å². The van der Waals surface area contributed by atoms with E-state index in [1.807, 2.05) is 18.2 Å². The van der Waals surface area contributed by atoms with Gasteiger partial charge in [0.05, 0.1) is 10.0 Å². The highest BCUT2D eigenvalue weighted by molar-refractivity contribution is 9.10. The molecule has 2 rings (SSSR count). The molecule has 1 atom stereocenters. The number of esters is 1. The highest BCUT2D eigenvalue weighted by Crippen LogP contribution is 2.30. The van der Waals surface area contributed by atoms with E-state index in [0.717, 1.165) is 10.9 Å². The second-order valence-corrected chi connectivity index (χ2v) is 6.19. The number of hydrogen-bond acceptors (Lipinski definition) is 2. The number of benzene rings is 2. The number of rotatable bonds is 4. The predicted molar refractivity (Wildman–Crippen MR) is 89.3 cm³/mol. The van der Waals surface area contributed by atoms with E-state index in [-0.39, 0.29) is 0 Å². The van der Waals surface area contributed by atoms with Gasteiger partial charge in [-0.2, -0.15) is 0 Å². The van der Waals surface area contributed by atoms with Gasteiger partial charge in [-0.3, -0.25) is 0 Å². The quantitative estimate of drug-likeness (QED) is 0.501. The molecular weight excluding hydrogens is 352 g/mol. The van der Waals surface area contributed by atoms with Crippen molar-refractivity contribution < 1.29 is 9.53 Å². The van der Waals surface area contributed by atoms with Gasteiger partial charge >= 0.3 is 5.97 Å². The standard InChI is InChI=1S/C17H16BrClO2/c1-3-11(2)13-6-9-16(15(18)10-13)21-17(20)12-4-7-14(19)8-5-12/h4-11H,3H2,1-2H3. The average molecular weight is 368 g/mol. The summed E-state index contributed by atoms with van der Waals surface area (Å²) < 4.78 is 6.19. The Labute approximate surface area is 138 Å². The molecule has 0 aromatic heterocycles. The fraction of sp³-hybridized carbons (Fsp3) is 0.235. The summed E-state index contributed by atoms with van der Waals surface area (Å²) in [6.07, 6.45) is 1.07. The highest BCUT2D eigenvalue weighted by Gasteiger charge is 2.12. The molecule has 2 nitrogen and oxygen atoms in total. The summed E-state index contributed by atoms with van der Waals surface area (Å²) in [6.45, 7) is 4.31. The molecular formula is C17H16BrClO2. The van der Waals surface area contributed by atoms with Gasteiger partial charge in [0.25, 0.3) is 0 Å². The predicted octanol–water partition coefficient (Wildman–Crippen LogP) is 5.84. The normalized spacial score (nSPS) is 12.0. The minimum absolute atomic E-state index is 0.399. The fourth-order valence-corrected chi connectivity index (χ4v) is 2.49. The zero-order chi connectivity index (χ0) is 15.4. The molecule has 0 aliphatic carbocycles. The summed E-state index contributed by atoms with van der Waals surface area (Å²) in [5, 5.41) is 0.589. The molecule has 0 bridgehead atoms. The minimum Gasteiger partial charge on any atom is -0.422 e. The van der Waals surface area contributed by atoms with Gasteiger partial charge in [-0.25, -0.2) is 4.79 Å². The Hall–Kier alpha value is -1.32. The summed E-state index contributed by atoms with van der Waals surface area (Å²) in [4.78, 5) is 12.1. The van der Waals surface area contributed by atoms with E-state index >= 15 is 0 Å². The Balaban J connectivity index is 2.16. The highest BCUT2D eigenvalue weighted by atomic mass is 79.9. The molecule has 0 spiro atoms. The molecule has 0 aliphatic heterocycles. The van der Waals surface area contributed by atoms with Crippen molar-refractivity contribution in [3.63, 3.8) is 0 Å². The lowest BCUT2D eigenvalue weighted by molar-refractivity contribution is 0.0733. The van der Waals surface area contributed by atoms with Gasteiger partial charge in [-0.05, 0) is 70.2 Å². The maximum absolute atomic E-state index is 12.1. The van der Waals surface area contributed by atoms with Crippen molar-refractivity contribution in [3.8, 4) is 5.75 Å². The first-order valence-corrected chi connectivity index (χ1v) is 7.95. The van der Waals surface area contributed by atoms with Crippen LogP contribution < -0.4 is 4.74 Å². The Bertz CT molecular complexity index is 638. The number of ether oxygens (including phenoxy) is 1. The molecule has 0 radical (unpaired) electrons. The van der Waals surface area contributed by atoms with E-state index < -0.39 is 5.97 Å².